The van der Waals surface area contributed by atoms with Crippen LogP contribution in [0.15, 0.2) is 60.7 Å². The molecule has 0 spiro atoms. The molecule has 0 amide bonds. The van der Waals surface area contributed by atoms with Crippen LogP contribution in [0.3, 0.4) is 0 Å². The number of allylic oxidation sites excluding steroid dienone is 2. The quantitative estimate of drug-likeness (QED) is 0.154. The third-order valence-corrected chi connectivity index (χ3v) is 12.5. The van der Waals surface area contributed by atoms with Gasteiger partial charge < -0.3 is 9.97 Å². The molecule has 0 saturated heterocycles. The van der Waals surface area contributed by atoms with Gasteiger partial charge in [0.2, 0.25) is 11.6 Å². The van der Waals surface area contributed by atoms with Crippen LogP contribution in [0.4, 0.5) is 0 Å². The number of ketones is 2. The Bertz CT molecular complexity index is 2630. The van der Waals surface area contributed by atoms with Crippen molar-refractivity contribution in [1.82, 2.24) is 19.9 Å². The molecule has 0 saturated carbocycles. The molecule has 5 aliphatic rings. The number of carbonyl (C=O) groups excluding carboxylic acids is 2. The fourth-order valence-corrected chi connectivity index (χ4v) is 9.65. The van der Waals surface area contributed by atoms with E-state index in [0.717, 1.165) is 130 Å². The number of nitrogens with one attached hydrogen (secondary N) is 2. The highest BCUT2D eigenvalue weighted by Crippen LogP contribution is 2.53. The van der Waals surface area contributed by atoms with Gasteiger partial charge in [0.25, 0.3) is 0 Å². The van der Waals surface area contributed by atoms with Gasteiger partial charge in [-0.15, -0.1) is 0 Å². The number of aromatic nitrogens is 4. The van der Waals surface area contributed by atoms with Gasteiger partial charge in [-0.25, -0.2) is 9.97 Å². The number of fused-ring (bicyclic) bond motifs is 12. The Morgan fingerprint density at radius 3 is 1.69 bits per heavy atom. The lowest BCUT2D eigenvalue weighted by atomic mass is 9.62. The summed E-state index contributed by atoms with van der Waals surface area (Å²) >= 11 is 0. The maximum atomic E-state index is 13.6. The minimum atomic E-state index is -0.591. The van der Waals surface area contributed by atoms with Crippen LogP contribution in [-0.4, -0.2) is 31.5 Å². The SMILES string of the molecule is CCCCC1=C(C)c2cc3nc(cc4[nH]c(cc5[nH]c(cc1n2)c(CC)c5CC)c(CCCC)c4C)-c1cc2c(cc1-3)C1C(=O)C(=O)C2c2ccccc21. The summed E-state index contributed by atoms with van der Waals surface area (Å²) in [5.41, 5.74) is 21.6. The summed E-state index contributed by atoms with van der Waals surface area (Å²) in [5.74, 6) is -1.79. The molecule has 272 valence electrons. The Balaban J connectivity index is 1.38. The molecule has 5 heterocycles. The Labute approximate surface area is 317 Å². The van der Waals surface area contributed by atoms with Crippen molar-refractivity contribution in [1.29, 1.82) is 0 Å². The molecule has 10 rings (SSSR count). The zero-order chi connectivity index (χ0) is 37.4. The smallest absolute Gasteiger partial charge is 0.211 e. The van der Waals surface area contributed by atoms with Gasteiger partial charge in [0.15, 0.2) is 0 Å². The van der Waals surface area contributed by atoms with Gasteiger partial charge >= 0.3 is 0 Å². The van der Waals surface area contributed by atoms with E-state index in [0.29, 0.717) is 0 Å². The Kier molecular flexibility index (Phi) is 8.40. The summed E-state index contributed by atoms with van der Waals surface area (Å²) in [4.78, 5) is 45.7. The molecule has 2 aromatic carbocycles. The minimum absolute atomic E-state index is 0.307. The molecule has 54 heavy (non-hydrogen) atoms. The molecule has 0 fully saturated rings. The van der Waals surface area contributed by atoms with Crippen LogP contribution in [0.1, 0.15) is 134 Å². The van der Waals surface area contributed by atoms with E-state index >= 15 is 0 Å². The van der Waals surface area contributed by atoms with E-state index in [9.17, 15) is 9.59 Å². The Morgan fingerprint density at radius 2 is 1.07 bits per heavy atom. The second-order valence-electron chi connectivity index (χ2n) is 15.6. The molecule has 3 aromatic heterocycles. The van der Waals surface area contributed by atoms with Gasteiger partial charge in [-0.2, -0.15) is 0 Å². The number of rotatable bonds is 8. The van der Waals surface area contributed by atoms with Crippen molar-refractivity contribution in [3.05, 3.63) is 117 Å². The number of nitrogens with zero attached hydrogens (tertiary/aromatic N) is 2. The molecule has 5 aromatic rings. The number of unbranched alkanes of at least 4 members (excludes halogenated alkanes) is 2. The van der Waals surface area contributed by atoms with Crippen LogP contribution in [0.5, 0.6) is 0 Å². The van der Waals surface area contributed by atoms with Crippen LogP contribution >= 0.6 is 0 Å². The number of aryl methyl sites for hydroxylation is 4. The van der Waals surface area contributed by atoms with Crippen molar-refractivity contribution in [2.45, 2.75) is 105 Å². The van der Waals surface area contributed by atoms with E-state index in [1.54, 1.807) is 0 Å². The van der Waals surface area contributed by atoms with Crippen LogP contribution < -0.4 is 0 Å². The number of hydrogen-bond acceptors (Lipinski definition) is 4. The highest BCUT2D eigenvalue weighted by atomic mass is 16.2. The Hall–Kier alpha value is -5.36. The lowest BCUT2D eigenvalue weighted by molar-refractivity contribution is -0.138. The lowest BCUT2D eigenvalue weighted by Crippen LogP contribution is -2.40. The van der Waals surface area contributed by atoms with E-state index in [1.165, 1.54) is 33.4 Å². The van der Waals surface area contributed by atoms with Crippen LogP contribution in [0.2, 0.25) is 0 Å². The first-order valence-electron chi connectivity index (χ1n) is 20.1. The average molecular weight is 713 g/mol. The van der Waals surface area contributed by atoms with E-state index in [4.69, 9.17) is 9.97 Å². The molecular formula is C48H48N4O2. The van der Waals surface area contributed by atoms with Gasteiger partial charge in [-0.05, 0) is 144 Å². The van der Waals surface area contributed by atoms with E-state index in [1.807, 2.05) is 24.3 Å². The van der Waals surface area contributed by atoms with Crippen LogP contribution in [0.25, 0.3) is 55.7 Å². The fourth-order valence-electron chi connectivity index (χ4n) is 9.65. The summed E-state index contributed by atoms with van der Waals surface area (Å²) in [6.07, 6.45) is 8.24. The van der Waals surface area contributed by atoms with Gasteiger partial charge in [0.1, 0.15) is 0 Å². The summed E-state index contributed by atoms with van der Waals surface area (Å²) in [5, 5.41) is 0. The number of carbonyl (C=O) groups is 2. The van der Waals surface area contributed by atoms with Crippen molar-refractivity contribution < 1.29 is 9.59 Å². The molecule has 0 radical (unpaired) electrons. The van der Waals surface area contributed by atoms with Gasteiger partial charge in [-0.3, -0.25) is 9.59 Å². The summed E-state index contributed by atoms with van der Waals surface area (Å²) in [6.45, 7) is 13.4. The van der Waals surface area contributed by atoms with Crippen LogP contribution in [-0.2, 0) is 28.9 Å². The minimum Gasteiger partial charge on any atom is -0.355 e. The molecule has 6 heteroatoms. The summed E-state index contributed by atoms with van der Waals surface area (Å²) < 4.78 is 0. The first-order chi connectivity index (χ1) is 26.3. The maximum absolute atomic E-state index is 13.6. The first kappa shape index (κ1) is 34.4. The largest absolute Gasteiger partial charge is 0.355 e. The van der Waals surface area contributed by atoms with Crippen molar-refractivity contribution in [2.75, 3.05) is 0 Å². The molecule has 10 bridgehead atoms. The standard InChI is InChI=1S/C48H48N4O2/c1-7-11-15-29-25(5)37-21-43-33-19-35-36(46-32-18-14-13-17-31(32)45(35)47(53)48(46)54)20-34(33)44(52-43)22-38-26(6)30(16-12-8-2)42(50-38)24-40-28(10-4)27(9-3)39(51-40)23-41(29)49-37/h13-14,17-24,45-46,49,51H,7-12,15-16H2,1-6H3. The predicted molar refractivity (Wildman–Crippen MR) is 220 cm³/mol. The first-order valence-corrected chi connectivity index (χ1v) is 20.1. The maximum Gasteiger partial charge on any atom is 0.211 e. The molecular weight excluding hydrogens is 665 g/mol. The summed E-state index contributed by atoms with van der Waals surface area (Å²) in [7, 11) is 0. The molecule has 2 aliphatic heterocycles. The fraction of sp³-hybridized carbons (Fsp3) is 0.333. The van der Waals surface area contributed by atoms with Crippen molar-refractivity contribution in [3.63, 3.8) is 0 Å². The molecule has 2 N–H and O–H groups in total. The highest BCUT2D eigenvalue weighted by molar-refractivity contribution is 6.45. The zero-order valence-corrected chi connectivity index (χ0v) is 32.3. The number of benzene rings is 2. The zero-order valence-electron chi connectivity index (χ0n) is 32.3. The molecule has 6 nitrogen and oxygen atoms in total. The monoisotopic (exact) mass is 712 g/mol. The second kappa shape index (κ2) is 13.2. The predicted octanol–water partition coefficient (Wildman–Crippen LogP) is 11.3. The highest BCUT2D eigenvalue weighted by Gasteiger charge is 2.49. The Morgan fingerprint density at radius 1 is 0.556 bits per heavy atom. The number of Topliss-reactive ketones (excluding diaryl/α,β-unsaturated/α-hetero) is 2. The van der Waals surface area contributed by atoms with Gasteiger partial charge in [0, 0.05) is 33.2 Å². The second-order valence-corrected chi connectivity index (χ2v) is 15.6. The molecule has 2 unspecified atom stereocenters. The number of H-pyrrole nitrogens is 2. The third-order valence-electron chi connectivity index (χ3n) is 12.5. The summed E-state index contributed by atoms with van der Waals surface area (Å²) in [6, 6.07) is 21.2. The van der Waals surface area contributed by atoms with Gasteiger partial charge in [0.05, 0.1) is 34.6 Å². The number of aromatic amines is 2. The van der Waals surface area contributed by atoms with E-state index in [2.05, 4.69) is 87.9 Å². The molecule has 2 atom stereocenters. The van der Waals surface area contributed by atoms with Crippen LogP contribution in [0, 0.1) is 6.92 Å². The van der Waals surface area contributed by atoms with Crippen molar-refractivity contribution in [3.8, 4) is 22.5 Å². The molecule has 3 aliphatic carbocycles. The normalized spacial score (nSPS) is 16.9. The average Bonchev–Trinajstić information content (AvgIpc) is 3.86. The third kappa shape index (κ3) is 5.13. The van der Waals surface area contributed by atoms with Crippen molar-refractivity contribution in [2.24, 2.45) is 0 Å². The lowest BCUT2D eigenvalue weighted by Gasteiger charge is -2.38. The van der Waals surface area contributed by atoms with E-state index in [-0.39, 0.29) is 11.6 Å². The number of hydrogen-bond donors (Lipinski definition) is 2. The van der Waals surface area contributed by atoms with Gasteiger partial charge in [-0.1, -0.05) is 64.8 Å². The topological polar surface area (TPSA) is 91.5 Å². The van der Waals surface area contributed by atoms with Crippen molar-refractivity contribution >= 4 is 44.8 Å². The van der Waals surface area contributed by atoms with E-state index < -0.39 is 11.8 Å².